The zero-order valence-corrected chi connectivity index (χ0v) is 16.2. The van der Waals surface area contributed by atoms with Gasteiger partial charge in [0.15, 0.2) is 0 Å². The maximum atomic E-state index is 12.8. The summed E-state index contributed by atoms with van der Waals surface area (Å²) in [6.45, 7) is 3.47. The van der Waals surface area contributed by atoms with Crippen molar-refractivity contribution in [2.75, 3.05) is 26.2 Å². The van der Waals surface area contributed by atoms with Gasteiger partial charge < -0.3 is 5.32 Å². The summed E-state index contributed by atoms with van der Waals surface area (Å²) in [6.07, 6.45) is 2.09. The molecule has 2 fully saturated rings. The molecule has 1 aliphatic carbocycles. The first-order chi connectivity index (χ1) is 11.8. The molecule has 1 aromatic rings. The lowest BCUT2D eigenvalue weighted by atomic mass is 10.2. The van der Waals surface area contributed by atoms with E-state index < -0.39 is 10.0 Å². The van der Waals surface area contributed by atoms with Gasteiger partial charge in [-0.1, -0.05) is 23.2 Å². The van der Waals surface area contributed by atoms with E-state index in [1.165, 1.54) is 16.4 Å². The summed E-state index contributed by atoms with van der Waals surface area (Å²) in [7, 11) is -3.70. The first-order valence-corrected chi connectivity index (χ1v) is 10.5. The summed E-state index contributed by atoms with van der Waals surface area (Å²) in [5.41, 5.74) is 0. The van der Waals surface area contributed by atoms with E-state index in [1.54, 1.807) is 6.07 Å². The monoisotopic (exact) mass is 405 g/mol. The van der Waals surface area contributed by atoms with E-state index in [0.717, 1.165) is 12.8 Å². The van der Waals surface area contributed by atoms with Crippen molar-refractivity contribution in [2.24, 2.45) is 0 Å². The Bertz CT molecular complexity index is 760. The minimum atomic E-state index is -3.70. The third-order valence-electron chi connectivity index (χ3n) is 4.64. The lowest BCUT2D eigenvalue weighted by Crippen LogP contribution is -2.55. The minimum Gasteiger partial charge on any atom is -0.352 e. The molecule has 6 nitrogen and oxygen atoms in total. The first kappa shape index (κ1) is 18.9. The summed E-state index contributed by atoms with van der Waals surface area (Å²) in [6, 6.07) is 4.47. The summed E-state index contributed by atoms with van der Waals surface area (Å²) in [4.78, 5) is 14.2. The van der Waals surface area contributed by atoms with Crippen LogP contribution in [0.3, 0.4) is 0 Å². The fraction of sp³-hybridized carbons (Fsp3) is 0.562. The second kappa shape index (κ2) is 7.40. The third-order valence-corrected chi connectivity index (χ3v) is 7.25. The van der Waals surface area contributed by atoms with Gasteiger partial charge in [-0.3, -0.25) is 9.69 Å². The molecule has 0 unspecified atom stereocenters. The quantitative estimate of drug-likeness (QED) is 0.812. The topological polar surface area (TPSA) is 69.7 Å². The maximum absolute atomic E-state index is 12.8. The van der Waals surface area contributed by atoms with Gasteiger partial charge >= 0.3 is 0 Å². The lowest BCUT2D eigenvalue weighted by molar-refractivity contribution is -0.126. The van der Waals surface area contributed by atoms with Gasteiger partial charge in [-0.05, 0) is 38.0 Å². The number of carbonyl (C=O) groups excluding carboxylic acids is 1. The average Bonchev–Trinajstić information content (AvgIpc) is 3.40. The standard InChI is InChI=1S/C16H21Cl2N3O3S/c1-11(16(22)19-13-3-4-13)20-6-8-21(9-7-20)25(23,24)15-10-12(17)2-5-14(15)18/h2,5,10-11,13H,3-4,6-9H2,1H3,(H,19,22)/t11-/m1/s1. The number of benzene rings is 1. The molecule has 1 N–H and O–H groups in total. The SMILES string of the molecule is C[C@H](C(=O)NC1CC1)N1CCN(S(=O)(=O)c2cc(Cl)ccc2Cl)CC1. The van der Waals surface area contributed by atoms with Crippen molar-refractivity contribution in [3.8, 4) is 0 Å². The van der Waals surface area contributed by atoms with Crippen molar-refractivity contribution >= 4 is 39.1 Å². The van der Waals surface area contributed by atoms with Gasteiger partial charge in [0, 0.05) is 37.2 Å². The van der Waals surface area contributed by atoms with Crippen LogP contribution < -0.4 is 5.32 Å². The lowest BCUT2D eigenvalue weighted by Gasteiger charge is -2.36. The van der Waals surface area contributed by atoms with Crippen LogP contribution in [0.2, 0.25) is 10.0 Å². The molecule has 1 saturated heterocycles. The Labute approximate surface area is 158 Å². The smallest absolute Gasteiger partial charge is 0.244 e. The van der Waals surface area contributed by atoms with Crippen molar-refractivity contribution in [3.05, 3.63) is 28.2 Å². The van der Waals surface area contributed by atoms with Crippen molar-refractivity contribution in [2.45, 2.75) is 36.7 Å². The van der Waals surface area contributed by atoms with Crippen LogP contribution in [-0.2, 0) is 14.8 Å². The fourth-order valence-electron chi connectivity index (χ4n) is 2.86. The number of nitrogens with one attached hydrogen (secondary N) is 1. The molecular formula is C16H21Cl2N3O3S. The zero-order valence-electron chi connectivity index (χ0n) is 13.9. The molecule has 1 saturated carbocycles. The summed E-state index contributed by atoms with van der Waals surface area (Å²) in [5.74, 6) is 0.0108. The van der Waals surface area contributed by atoms with Crippen molar-refractivity contribution < 1.29 is 13.2 Å². The van der Waals surface area contributed by atoms with E-state index in [0.29, 0.717) is 37.2 Å². The molecule has 3 rings (SSSR count). The highest BCUT2D eigenvalue weighted by atomic mass is 35.5. The predicted molar refractivity (Wildman–Crippen MR) is 97.4 cm³/mol. The predicted octanol–water partition coefficient (Wildman–Crippen LogP) is 1.97. The highest BCUT2D eigenvalue weighted by Crippen LogP contribution is 2.28. The van der Waals surface area contributed by atoms with Crippen molar-refractivity contribution in [1.29, 1.82) is 0 Å². The number of nitrogens with zero attached hydrogens (tertiary/aromatic N) is 2. The van der Waals surface area contributed by atoms with Crippen LogP contribution >= 0.6 is 23.2 Å². The van der Waals surface area contributed by atoms with Crippen LogP contribution in [0.5, 0.6) is 0 Å². The van der Waals surface area contributed by atoms with Gasteiger partial charge in [-0.25, -0.2) is 8.42 Å². The Hall–Kier alpha value is -0.860. The van der Waals surface area contributed by atoms with Crippen LogP contribution in [0.15, 0.2) is 23.1 Å². The number of amides is 1. The molecule has 138 valence electrons. The minimum absolute atomic E-state index is 0.0108. The molecule has 1 amide bonds. The van der Waals surface area contributed by atoms with Gasteiger partial charge in [-0.15, -0.1) is 0 Å². The molecule has 2 aliphatic rings. The zero-order chi connectivity index (χ0) is 18.2. The number of halogens is 2. The highest BCUT2D eigenvalue weighted by Gasteiger charge is 2.34. The number of carbonyl (C=O) groups is 1. The molecule has 1 aliphatic heterocycles. The Balaban J connectivity index is 1.64. The summed E-state index contributed by atoms with van der Waals surface area (Å²) in [5, 5.41) is 3.47. The molecule has 0 bridgehead atoms. The van der Waals surface area contributed by atoms with E-state index in [2.05, 4.69) is 5.32 Å². The Morgan fingerprint density at radius 2 is 1.84 bits per heavy atom. The highest BCUT2D eigenvalue weighted by molar-refractivity contribution is 7.89. The van der Waals surface area contributed by atoms with Crippen LogP contribution in [0.4, 0.5) is 0 Å². The molecule has 0 spiro atoms. The number of hydrogen-bond donors (Lipinski definition) is 1. The molecule has 0 aromatic heterocycles. The Morgan fingerprint density at radius 1 is 1.20 bits per heavy atom. The maximum Gasteiger partial charge on any atom is 0.244 e. The second-order valence-corrected chi connectivity index (χ2v) is 9.22. The largest absolute Gasteiger partial charge is 0.352 e. The van der Waals surface area contributed by atoms with E-state index in [4.69, 9.17) is 23.2 Å². The van der Waals surface area contributed by atoms with Gasteiger partial charge in [-0.2, -0.15) is 4.31 Å². The van der Waals surface area contributed by atoms with Crippen LogP contribution in [0.1, 0.15) is 19.8 Å². The van der Waals surface area contributed by atoms with Crippen LogP contribution in [0, 0.1) is 0 Å². The van der Waals surface area contributed by atoms with Crippen molar-refractivity contribution in [3.63, 3.8) is 0 Å². The molecule has 9 heteroatoms. The molecule has 0 radical (unpaired) electrons. The third kappa shape index (κ3) is 4.28. The summed E-state index contributed by atoms with van der Waals surface area (Å²) >= 11 is 12.0. The molecule has 1 heterocycles. The van der Waals surface area contributed by atoms with Gasteiger partial charge in [0.25, 0.3) is 0 Å². The Morgan fingerprint density at radius 3 is 2.44 bits per heavy atom. The number of rotatable bonds is 5. The van der Waals surface area contributed by atoms with E-state index in [-0.39, 0.29) is 21.9 Å². The normalized spacial score (nSPS) is 21.1. The average molecular weight is 406 g/mol. The van der Waals surface area contributed by atoms with Crippen LogP contribution in [0.25, 0.3) is 0 Å². The molecule has 1 atom stereocenters. The van der Waals surface area contributed by atoms with Gasteiger partial charge in [0.05, 0.1) is 11.1 Å². The molecule has 25 heavy (non-hydrogen) atoms. The summed E-state index contributed by atoms with van der Waals surface area (Å²) < 4.78 is 27.0. The van der Waals surface area contributed by atoms with E-state index in [9.17, 15) is 13.2 Å². The fourth-order valence-corrected chi connectivity index (χ4v) is 5.02. The molecule has 1 aromatic carbocycles. The van der Waals surface area contributed by atoms with Crippen LogP contribution in [-0.4, -0.2) is 61.8 Å². The van der Waals surface area contributed by atoms with E-state index >= 15 is 0 Å². The molecular weight excluding hydrogens is 385 g/mol. The van der Waals surface area contributed by atoms with Gasteiger partial charge in [0.1, 0.15) is 4.90 Å². The number of sulfonamides is 1. The van der Waals surface area contributed by atoms with Crippen molar-refractivity contribution in [1.82, 2.24) is 14.5 Å². The van der Waals surface area contributed by atoms with Gasteiger partial charge in [0.2, 0.25) is 15.9 Å². The Kier molecular flexibility index (Phi) is 5.60. The van der Waals surface area contributed by atoms with E-state index in [1.807, 2.05) is 11.8 Å². The number of piperazine rings is 1. The first-order valence-electron chi connectivity index (χ1n) is 8.28. The number of hydrogen-bond acceptors (Lipinski definition) is 4. The second-order valence-electron chi connectivity index (χ2n) is 6.47.